The number of aromatic amines is 1. The van der Waals surface area contributed by atoms with Gasteiger partial charge in [0.05, 0.1) is 17.8 Å². The molecule has 0 saturated heterocycles. The molecule has 0 amide bonds. The molecule has 0 aliphatic carbocycles. The summed E-state index contributed by atoms with van der Waals surface area (Å²) in [5, 5.41) is 23.9. The fraction of sp³-hybridized carbons (Fsp3) is 0.179. The lowest BCUT2D eigenvalue weighted by molar-refractivity contribution is 0.0696. The number of hydrogen-bond acceptors (Lipinski definition) is 5. The van der Waals surface area contributed by atoms with E-state index in [-0.39, 0.29) is 11.3 Å². The highest BCUT2D eigenvalue weighted by atomic mass is 16.4. The Balaban J connectivity index is 1.51. The third-order valence-electron chi connectivity index (χ3n) is 6.41. The van der Waals surface area contributed by atoms with Gasteiger partial charge in [0.1, 0.15) is 0 Å². The Morgan fingerprint density at radius 3 is 2.43 bits per heavy atom. The van der Waals surface area contributed by atoms with Crippen molar-refractivity contribution in [2.75, 3.05) is 0 Å². The minimum absolute atomic E-state index is 0.104. The number of imidazole rings is 1. The Morgan fingerprint density at radius 2 is 1.76 bits per heavy atom. The molecule has 0 saturated carbocycles. The van der Waals surface area contributed by atoms with Crippen molar-refractivity contribution in [2.45, 2.75) is 33.2 Å². The van der Waals surface area contributed by atoms with E-state index >= 15 is 0 Å². The molecule has 2 N–H and O–H groups in total. The van der Waals surface area contributed by atoms with Crippen LogP contribution in [-0.2, 0) is 13.0 Å². The summed E-state index contributed by atoms with van der Waals surface area (Å²) in [7, 11) is 0. The van der Waals surface area contributed by atoms with Crippen molar-refractivity contribution in [2.24, 2.45) is 0 Å². The molecule has 9 nitrogen and oxygen atoms in total. The molecule has 37 heavy (non-hydrogen) atoms. The van der Waals surface area contributed by atoms with Crippen LogP contribution in [0.3, 0.4) is 0 Å². The van der Waals surface area contributed by atoms with Gasteiger partial charge in [-0.2, -0.15) is 0 Å². The van der Waals surface area contributed by atoms with Crippen molar-refractivity contribution in [1.29, 1.82) is 0 Å². The van der Waals surface area contributed by atoms with Gasteiger partial charge in [0.2, 0.25) is 0 Å². The summed E-state index contributed by atoms with van der Waals surface area (Å²) in [4.78, 5) is 25.5. The van der Waals surface area contributed by atoms with E-state index in [2.05, 4.69) is 27.5 Å². The summed E-state index contributed by atoms with van der Waals surface area (Å²) in [6.45, 7) is 4.25. The van der Waals surface area contributed by atoms with Crippen molar-refractivity contribution in [3.63, 3.8) is 0 Å². The van der Waals surface area contributed by atoms with Gasteiger partial charge >= 0.3 is 11.7 Å². The first-order valence-corrected chi connectivity index (χ1v) is 12.0. The maximum absolute atomic E-state index is 13.6. The molecule has 5 rings (SSSR count). The zero-order valence-electron chi connectivity index (χ0n) is 20.5. The highest BCUT2D eigenvalue weighted by Crippen LogP contribution is 2.30. The number of tetrazole rings is 1. The summed E-state index contributed by atoms with van der Waals surface area (Å²) < 4.78 is 3.20. The number of para-hydroxylation sites is 1. The molecule has 9 heteroatoms. The summed E-state index contributed by atoms with van der Waals surface area (Å²) in [6.07, 6.45) is 3.33. The maximum Gasteiger partial charge on any atom is 0.337 e. The quantitative estimate of drug-likeness (QED) is 0.328. The summed E-state index contributed by atoms with van der Waals surface area (Å²) in [6, 6.07) is 20.9. The second kappa shape index (κ2) is 10.1. The Kier molecular flexibility index (Phi) is 6.51. The number of carboxylic acids is 1. The predicted molar refractivity (Wildman–Crippen MR) is 140 cm³/mol. The lowest BCUT2D eigenvalue weighted by Crippen LogP contribution is -2.26. The SMILES string of the molecule is CCCc1cn(-c2c(C)cccc2C(=O)O)c(=O)n1Cc1ccc(-c2ccccc2-c2nnn[nH]2)cc1. The fourth-order valence-corrected chi connectivity index (χ4v) is 4.65. The molecule has 5 aromatic rings. The molecule has 0 radical (unpaired) electrons. The normalized spacial score (nSPS) is 11.1. The van der Waals surface area contributed by atoms with Gasteiger partial charge in [-0.15, -0.1) is 5.10 Å². The molecule has 3 aromatic carbocycles. The topological polar surface area (TPSA) is 119 Å². The standard InChI is InChI=1S/C28H26N6O3/c1-3-7-21-17-34(25-18(2)8-6-11-24(25)27(35)36)28(37)33(21)16-19-12-14-20(15-13-19)22-9-4-5-10-23(22)26-29-31-32-30-26/h4-6,8-15,17H,3,7,16H2,1-2H3,(H,35,36)(H,29,30,31,32). The van der Waals surface area contributed by atoms with E-state index < -0.39 is 5.97 Å². The average Bonchev–Trinajstić information content (AvgIpc) is 3.54. The molecule has 0 unspecified atom stereocenters. The summed E-state index contributed by atoms with van der Waals surface area (Å²) in [5.41, 5.74) is 5.69. The molecule has 0 spiro atoms. The number of H-pyrrole nitrogens is 1. The lowest BCUT2D eigenvalue weighted by Gasteiger charge is -2.11. The number of aromatic nitrogens is 6. The molecule has 0 bridgehead atoms. The molecule has 0 aliphatic heterocycles. The zero-order valence-corrected chi connectivity index (χ0v) is 20.5. The van der Waals surface area contributed by atoms with Crippen LogP contribution >= 0.6 is 0 Å². The second-order valence-corrected chi connectivity index (χ2v) is 8.88. The van der Waals surface area contributed by atoms with E-state index in [1.54, 1.807) is 16.8 Å². The van der Waals surface area contributed by atoms with Gasteiger partial charge in [-0.1, -0.05) is 74.0 Å². The molecule has 2 aromatic heterocycles. The lowest BCUT2D eigenvalue weighted by atomic mass is 9.98. The van der Waals surface area contributed by atoms with Crippen molar-refractivity contribution >= 4 is 5.97 Å². The number of aromatic carboxylic acids is 1. The maximum atomic E-state index is 13.6. The van der Waals surface area contributed by atoms with Gasteiger partial charge in [-0.05, 0) is 52.1 Å². The van der Waals surface area contributed by atoms with Gasteiger partial charge in [-0.25, -0.2) is 14.7 Å². The number of aryl methyl sites for hydroxylation is 2. The first-order chi connectivity index (χ1) is 18.0. The highest BCUT2D eigenvalue weighted by molar-refractivity contribution is 5.92. The Labute approximate surface area is 213 Å². The summed E-state index contributed by atoms with van der Waals surface area (Å²) >= 11 is 0. The van der Waals surface area contributed by atoms with Gasteiger partial charge in [0, 0.05) is 17.5 Å². The van der Waals surface area contributed by atoms with Crippen LogP contribution in [0.25, 0.3) is 28.2 Å². The number of carbonyl (C=O) groups is 1. The molecular formula is C28H26N6O3. The molecule has 186 valence electrons. The third kappa shape index (κ3) is 4.58. The Hall–Kier alpha value is -4.79. The first-order valence-electron chi connectivity index (χ1n) is 12.0. The highest BCUT2D eigenvalue weighted by Gasteiger charge is 2.19. The molecular weight excluding hydrogens is 468 g/mol. The van der Waals surface area contributed by atoms with E-state index in [9.17, 15) is 14.7 Å². The van der Waals surface area contributed by atoms with Crippen LogP contribution in [0.2, 0.25) is 0 Å². The minimum atomic E-state index is -1.06. The summed E-state index contributed by atoms with van der Waals surface area (Å²) in [5.74, 6) is -0.471. The number of nitrogens with zero attached hydrogens (tertiary/aromatic N) is 5. The molecule has 0 aliphatic rings. The van der Waals surface area contributed by atoms with Crippen LogP contribution in [0.5, 0.6) is 0 Å². The third-order valence-corrected chi connectivity index (χ3v) is 6.41. The molecule has 0 fully saturated rings. The number of carboxylic acid groups (broad SMARTS) is 1. The first kappa shape index (κ1) is 23.9. The molecule has 0 atom stereocenters. The monoisotopic (exact) mass is 494 g/mol. The van der Waals surface area contributed by atoms with E-state index in [1.807, 2.05) is 61.5 Å². The van der Waals surface area contributed by atoms with Crippen molar-refractivity contribution in [3.8, 4) is 28.2 Å². The Bertz CT molecular complexity index is 1610. The number of nitrogens with one attached hydrogen (secondary N) is 1. The van der Waals surface area contributed by atoms with E-state index in [0.717, 1.165) is 39.9 Å². The van der Waals surface area contributed by atoms with Crippen LogP contribution in [-0.4, -0.2) is 40.8 Å². The average molecular weight is 495 g/mol. The van der Waals surface area contributed by atoms with Gasteiger partial charge in [0.25, 0.3) is 0 Å². The van der Waals surface area contributed by atoms with Gasteiger partial charge in [-0.3, -0.25) is 9.13 Å². The zero-order chi connectivity index (χ0) is 25.9. The van der Waals surface area contributed by atoms with Crippen LogP contribution in [0.15, 0.2) is 77.7 Å². The number of benzene rings is 3. The minimum Gasteiger partial charge on any atom is -0.478 e. The van der Waals surface area contributed by atoms with Crippen LogP contribution < -0.4 is 5.69 Å². The van der Waals surface area contributed by atoms with Gasteiger partial charge in [0.15, 0.2) is 5.82 Å². The van der Waals surface area contributed by atoms with E-state index in [4.69, 9.17) is 0 Å². The van der Waals surface area contributed by atoms with Crippen molar-refractivity contribution in [1.82, 2.24) is 29.8 Å². The van der Waals surface area contributed by atoms with Crippen LogP contribution in [0, 0.1) is 6.92 Å². The number of rotatable bonds is 8. The van der Waals surface area contributed by atoms with Crippen LogP contribution in [0.1, 0.15) is 40.5 Å². The number of hydrogen-bond donors (Lipinski definition) is 2. The largest absolute Gasteiger partial charge is 0.478 e. The Morgan fingerprint density at radius 1 is 1.00 bits per heavy atom. The smallest absolute Gasteiger partial charge is 0.337 e. The van der Waals surface area contributed by atoms with Gasteiger partial charge < -0.3 is 5.11 Å². The van der Waals surface area contributed by atoms with Crippen LogP contribution in [0.4, 0.5) is 0 Å². The van der Waals surface area contributed by atoms with Crippen molar-refractivity contribution in [3.05, 3.63) is 106 Å². The predicted octanol–water partition coefficient (Wildman–Crippen LogP) is 4.49. The van der Waals surface area contributed by atoms with Crippen molar-refractivity contribution < 1.29 is 9.90 Å². The van der Waals surface area contributed by atoms with E-state index in [1.165, 1.54) is 10.6 Å². The second-order valence-electron chi connectivity index (χ2n) is 8.88. The van der Waals surface area contributed by atoms with E-state index in [0.29, 0.717) is 24.5 Å². The molecule has 2 heterocycles. The fourth-order valence-electron chi connectivity index (χ4n) is 4.65.